The fourth-order valence-electron chi connectivity index (χ4n) is 3.89. The molecule has 1 unspecified atom stereocenters. The number of phenolic OH excluding ortho intramolecular Hbond substituents is 1. The Morgan fingerprint density at radius 2 is 2.07 bits per heavy atom. The first-order chi connectivity index (χ1) is 12.8. The van der Waals surface area contributed by atoms with Gasteiger partial charge in [0.05, 0.1) is 0 Å². The molecule has 0 radical (unpaired) electrons. The molecule has 0 heterocycles. The van der Waals surface area contributed by atoms with Crippen LogP contribution in [0.2, 0.25) is 0 Å². The van der Waals surface area contributed by atoms with Gasteiger partial charge in [0.15, 0.2) is 6.61 Å². The second kappa shape index (κ2) is 9.63. The van der Waals surface area contributed by atoms with E-state index in [1.54, 1.807) is 0 Å². The average molecular weight is 373 g/mol. The number of aromatic hydroxyl groups is 1. The highest BCUT2D eigenvalue weighted by Gasteiger charge is 2.30. The van der Waals surface area contributed by atoms with Gasteiger partial charge in [-0.3, -0.25) is 0 Å². The molecule has 0 aromatic heterocycles. The quantitative estimate of drug-likeness (QED) is 0.437. The van der Waals surface area contributed by atoms with E-state index in [0.29, 0.717) is 11.3 Å². The minimum absolute atomic E-state index is 0.0512. The van der Waals surface area contributed by atoms with Crippen LogP contribution in [0.3, 0.4) is 0 Å². The summed E-state index contributed by atoms with van der Waals surface area (Å²) in [6.45, 7) is 9.97. The van der Waals surface area contributed by atoms with Crippen LogP contribution >= 0.6 is 0 Å². The number of aryl methyl sites for hydroxylation is 1. The summed E-state index contributed by atoms with van der Waals surface area (Å²) in [4.78, 5) is 11.1. The maximum Gasteiger partial charge on any atom is 0.341 e. The predicted molar refractivity (Wildman–Crippen MR) is 109 cm³/mol. The lowest BCUT2D eigenvalue weighted by molar-refractivity contribution is -0.139. The highest BCUT2D eigenvalue weighted by atomic mass is 16.5. The fraction of sp³-hybridized carbons (Fsp3) is 0.522. The number of hydrogen-bond acceptors (Lipinski definition) is 3. The molecule has 148 valence electrons. The van der Waals surface area contributed by atoms with Gasteiger partial charge in [-0.15, -0.1) is 0 Å². The summed E-state index contributed by atoms with van der Waals surface area (Å²) in [5.41, 5.74) is 4.00. The van der Waals surface area contributed by atoms with Gasteiger partial charge < -0.3 is 14.9 Å². The van der Waals surface area contributed by atoms with Crippen molar-refractivity contribution in [2.75, 3.05) is 6.61 Å². The van der Waals surface area contributed by atoms with E-state index in [2.05, 4.69) is 26.5 Å². The van der Waals surface area contributed by atoms with Gasteiger partial charge in [0, 0.05) is 11.5 Å². The second-order valence-corrected chi connectivity index (χ2v) is 7.70. The number of allylic oxidation sites excluding steroid dienone is 3. The molecule has 4 nitrogen and oxygen atoms in total. The summed E-state index contributed by atoms with van der Waals surface area (Å²) < 4.78 is 5.62. The van der Waals surface area contributed by atoms with E-state index < -0.39 is 12.6 Å². The molecule has 2 rings (SSSR count). The molecule has 0 fully saturated rings. The van der Waals surface area contributed by atoms with Crippen molar-refractivity contribution < 1.29 is 19.7 Å². The summed E-state index contributed by atoms with van der Waals surface area (Å²) in [5.74, 6) is -0.205. The maximum atomic E-state index is 11.1. The van der Waals surface area contributed by atoms with E-state index in [0.717, 1.165) is 49.7 Å². The number of benzene rings is 1. The molecule has 0 saturated carbocycles. The Kier molecular flexibility index (Phi) is 7.52. The van der Waals surface area contributed by atoms with E-state index in [4.69, 9.17) is 9.84 Å². The molecule has 0 saturated heterocycles. The summed E-state index contributed by atoms with van der Waals surface area (Å²) >= 11 is 0. The summed E-state index contributed by atoms with van der Waals surface area (Å²) in [7, 11) is 0. The molecule has 0 bridgehead atoms. The zero-order valence-corrected chi connectivity index (χ0v) is 16.8. The first-order valence-corrected chi connectivity index (χ1v) is 9.86. The van der Waals surface area contributed by atoms with Crippen LogP contribution in [0.15, 0.2) is 35.9 Å². The largest absolute Gasteiger partial charge is 0.507 e. The Hall–Kier alpha value is -2.23. The molecule has 1 aromatic carbocycles. The summed E-state index contributed by atoms with van der Waals surface area (Å²) in [6, 6.07) is 3.72. The van der Waals surface area contributed by atoms with E-state index >= 15 is 0 Å². The van der Waals surface area contributed by atoms with Crippen LogP contribution in [-0.2, 0) is 11.2 Å². The number of phenols is 1. The van der Waals surface area contributed by atoms with Crippen LogP contribution in [-0.4, -0.2) is 22.8 Å². The van der Waals surface area contributed by atoms with Crippen LogP contribution in [0.5, 0.6) is 11.5 Å². The first kappa shape index (κ1) is 21.1. The lowest BCUT2D eigenvalue weighted by Gasteiger charge is -2.32. The second-order valence-electron chi connectivity index (χ2n) is 7.70. The summed E-state index contributed by atoms with van der Waals surface area (Å²) in [6.07, 6.45) is 8.27. The molecule has 2 atom stereocenters. The molecular weight excluding hydrogens is 340 g/mol. The van der Waals surface area contributed by atoms with Gasteiger partial charge in [0.25, 0.3) is 0 Å². The SMILES string of the molecule is C=C(C)[C@@H]1CCC(C)=CC1c1c(O)cc(CCCCC)cc1OCC(=O)O. The third-order valence-corrected chi connectivity index (χ3v) is 5.31. The number of aliphatic carboxylic acids is 1. The lowest BCUT2D eigenvalue weighted by atomic mass is 9.73. The van der Waals surface area contributed by atoms with E-state index in [1.165, 1.54) is 5.57 Å². The smallest absolute Gasteiger partial charge is 0.341 e. The highest BCUT2D eigenvalue weighted by Crippen LogP contribution is 2.47. The molecule has 0 spiro atoms. The van der Waals surface area contributed by atoms with E-state index in [-0.39, 0.29) is 17.6 Å². The number of carboxylic acid groups (broad SMARTS) is 1. The van der Waals surface area contributed by atoms with Gasteiger partial charge in [0.2, 0.25) is 0 Å². The van der Waals surface area contributed by atoms with Crippen molar-refractivity contribution in [1.29, 1.82) is 0 Å². The van der Waals surface area contributed by atoms with Crippen molar-refractivity contribution >= 4 is 5.97 Å². The molecule has 2 N–H and O–H groups in total. The van der Waals surface area contributed by atoms with Gasteiger partial charge in [-0.1, -0.05) is 43.6 Å². The Morgan fingerprint density at radius 3 is 2.70 bits per heavy atom. The molecule has 0 amide bonds. The van der Waals surface area contributed by atoms with Crippen LogP contribution in [0, 0.1) is 5.92 Å². The highest BCUT2D eigenvalue weighted by molar-refractivity contribution is 5.68. The minimum Gasteiger partial charge on any atom is -0.507 e. The third-order valence-electron chi connectivity index (χ3n) is 5.31. The Labute approximate surface area is 162 Å². The third kappa shape index (κ3) is 5.62. The summed E-state index contributed by atoms with van der Waals surface area (Å²) in [5, 5.41) is 19.9. The molecule has 4 heteroatoms. The fourth-order valence-corrected chi connectivity index (χ4v) is 3.89. The van der Waals surface area contributed by atoms with Crippen LogP contribution in [0.25, 0.3) is 0 Å². The normalized spacial score (nSPS) is 19.4. The molecule has 1 aromatic rings. The van der Waals surface area contributed by atoms with Gasteiger partial charge in [-0.05, 0) is 63.1 Å². The molecule has 1 aliphatic rings. The maximum absolute atomic E-state index is 11.1. The first-order valence-electron chi connectivity index (χ1n) is 9.86. The number of ether oxygens (including phenoxy) is 1. The van der Waals surface area contributed by atoms with Gasteiger partial charge in [0.1, 0.15) is 11.5 Å². The Bertz CT molecular complexity index is 717. The van der Waals surface area contributed by atoms with E-state index in [9.17, 15) is 9.90 Å². The van der Waals surface area contributed by atoms with Crippen LogP contribution in [0.4, 0.5) is 0 Å². The number of unbranched alkanes of at least 4 members (excludes halogenated alkanes) is 2. The topological polar surface area (TPSA) is 66.8 Å². The van der Waals surface area contributed by atoms with Crippen molar-refractivity contribution in [3.63, 3.8) is 0 Å². The van der Waals surface area contributed by atoms with Crippen LogP contribution in [0.1, 0.15) is 69.9 Å². The minimum atomic E-state index is -1.02. The van der Waals surface area contributed by atoms with Crippen molar-refractivity contribution in [2.24, 2.45) is 5.92 Å². The average Bonchev–Trinajstić information content (AvgIpc) is 2.59. The van der Waals surface area contributed by atoms with Gasteiger partial charge in [-0.25, -0.2) is 4.79 Å². The standard InChI is InChI=1S/C23H32O4/c1-5-6-7-8-17-12-20(24)23(21(13-17)27-14-22(25)26)19-11-16(4)9-10-18(19)15(2)3/h11-13,18-19,24H,2,5-10,14H2,1,3-4H3,(H,25,26)/t18-,19?/m0/s1. The molecular formula is C23H32O4. The van der Waals surface area contributed by atoms with Gasteiger partial charge in [-0.2, -0.15) is 0 Å². The Morgan fingerprint density at radius 1 is 1.33 bits per heavy atom. The molecule has 0 aliphatic heterocycles. The molecule has 27 heavy (non-hydrogen) atoms. The van der Waals surface area contributed by atoms with Crippen LogP contribution < -0.4 is 4.74 Å². The van der Waals surface area contributed by atoms with Crippen molar-refractivity contribution in [2.45, 2.75) is 65.2 Å². The zero-order chi connectivity index (χ0) is 20.0. The number of hydrogen-bond donors (Lipinski definition) is 2. The van der Waals surface area contributed by atoms with Crippen molar-refractivity contribution in [3.05, 3.63) is 47.1 Å². The zero-order valence-electron chi connectivity index (χ0n) is 16.8. The van der Waals surface area contributed by atoms with Gasteiger partial charge >= 0.3 is 5.97 Å². The van der Waals surface area contributed by atoms with Crippen molar-refractivity contribution in [3.8, 4) is 11.5 Å². The number of carbonyl (C=O) groups is 1. The lowest BCUT2D eigenvalue weighted by Crippen LogP contribution is -2.19. The Balaban J connectivity index is 2.46. The van der Waals surface area contributed by atoms with Crippen molar-refractivity contribution in [1.82, 2.24) is 0 Å². The predicted octanol–water partition coefficient (Wildman–Crippen LogP) is 5.60. The number of carboxylic acids is 1. The number of rotatable bonds is 9. The van der Waals surface area contributed by atoms with E-state index in [1.807, 2.05) is 19.1 Å². The monoisotopic (exact) mass is 372 g/mol. The molecule has 1 aliphatic carbocycles.